The maximum atomic E-state index is 3.68. The fourth-order valence-corrected chi connectivity index (χ4v) is 3.61. The second-order valence-corrected chi connectivity index (χ2v) is 6.23. The first kappa shape index (κ1) is 12.7. The standard InChI is InChI=1S/C18H17Br/c1-11-9-17-15(7-8-16(17)18(19)10-11)14-6-4-5-12(2)13(14)3/h4-10,15H,1-3H3. The van der Waals surface area contributed by atoms with Crippen LogP contribution >= 0.6 is 15.9 Å². The quantitative estimate of drug-likeness (QED) is 0.649. The second kappa shape index (κ2) is 4.64. The summed E-state index contributed by atoms with van der Waals surface area (Å²) in [5.74, 6) is 0.395. The lowest BCUT2D eigenvalue weighted by molar-refractivity contribution is 1.02. The summed E-state index contributed by atoms with van der Waals surface area (Å²) in [6, 6.07) is 11.1. The SMILES string of the molecule is Cc1cc(Br)c2c(c1)C(c1cccc(C)c1C)C=C2. The molecule has 0 aliphatic heterocycles. The van der Waals surface area contributed by atoms with Crippen molar-refractivity contribution in [2.45, 2.75) is 26.7 Å². The molecular weight excluding hydrogens is 296 g/mol. The molecule has 1 atom stereocenters. The number of allylic oxidation sites excluding steroid dienone is 1. The molecule has 3 rings (SSSR count). The Kier molecular flexibility index (Phi) is 3.10. The molecule has 0 aromatic heterocycles. The van der Waals surface area contributed by atoms with Gasteiger partial charge in [-0.25, -0.2) is 0 Å². The summed E-state index contributed by atoms with van der Waals surface area (Å²) < 4.78 is 1.20. The lowest BCUT2D eigenvalue weighted by Crippen LogP contribution is -2.00. The van der Waals surface area contributed by atoms with Gasteiger partial charge in [0.1, 0.15) is 0 Å². The summed E-state index contributed by atoms with van der Waals surface area (Å²) in [7, 11) is 0. The number of rotatable bonds is 1. The van der Waals surface area contributed by atoms with Gasteiger partial charge in [-0.05, 0) is 60.2 Å². The molecule has 0 radical (unpaired) electrons. The van der Waals surface area contributed by atoms with Crippen molar-refractivity contribution in [2.75, 3.05) is 0 Å². The summed E-state index contributed by atoms with van der Waals surface area (Å²) in [6.07, 6.45) is 4.56. The number of hydrogen-bond donors (Lipinski definition) is 0. The van der Waals surface area contributed by atoms with Gasteiger partial charge in [-0.15, -0.1) is 0 Å². The third-order valence-electron chi connectivity index (χ3n) is 4.08. The van der Waals surface area contributed by atoms with E-state index in [1.165, 1.54) is 37.9 Å². The Morgan fingerprint density at radius 2 is 1.79 bits per heavy atom. The van der Waals surface area contributed by atoms with E-state index >= 15 is 0 Å². The molecule has 96 valence electrons. The molecule has 0 spiro atoms. The monoisotopic (exact) mass is 312 g/mol. The van der Waals surface area contributed by atoms with Gasteiger partial charge >= 0.3 is 0 Å². The Hall–Kier alpha value is -1.34. The number of hydrogen-bond acceptors (Lipinski definition) is 0. The van der Waals surface area contributed by atoms with E-state index in [2.05, 4.69) is 79.2 Å². The minimum atomic E-state index is 0.395. The molecule has 0 N–H and O–H groups in total. The molecule has 1 aliphatic rings. The van der Waals surface area contributed by atoms with Crippen molar-refractivity contribution < 1.29 is 0 Å². The van der Waals surface area contributed by atoms with Crippen LogP contribution in [0.25, 0.3) is 6.08 Å². The summed E-state index contributed by atoms with van der Waals surface area (Å²) in [6.45, 7) is 6.56. The van der Waals surface area contributed by atoms with Crippen molar-refractivity contribution in [3.8, 4) is 0 Å². The molecule has 0 bridgehead atoms. The van der Waals surface area contributed by atoms with Crippen LogP contribution in [0.4, 0.5) is 0 Å². The molecule has 0 nitrogen and oxygen atoms in total. The van der Waals surface area contributed by atoms with Crippen molar-refractivity contribution in [1.29, 1.82) is 0 Å². The number of fused-ring (bicyclic) bond motifs is 1. The third-order valence-corrected chi connectivity index (χ3v) is 4.73. The number of benzene rings is 2. The van der Waals surface area contributed by atoms with Crippen LogP contribution in [0.1, 0.15) is 39.3 Å². The fraction of sp³-hybridized carbons (Fsp3) is 0.222. The smallest absolute Gasteiger partial charge is 0.0281 e. The fourth-order valence-electron chi connectivity index (χ4n) is 2.89. The zero-order valence-corrected chi connectivity index (χ0v) is 13.1. The summed E-state index contributed by atoms with van der Waals surface area (Å²) in [5.41, 5.74) is 8.25. The van der Waals surface area contributed by atoms with Gasteiger partial charge in [0.2, 0.25) is 0 Å². The molecule has 0 heterocycles. The van der Waals surface area contributed by atoms with Crippen molar-refractivity contribution in [3.63, 3.8) is 0 Å². The summed E-state index contributed by atoms with van der Waals surface area (Å²) in [4.78, 5) is 0. The van der Waals surface area contributed by atoms with Gasteiger partial charge in [0.15, 0.2) is 0 Å². The first-order valence-corrected chi connectivity index (χ1v) is 7.41. The van der Waals surface area contributed by atoms with E-state index in [0.29, 0.717) is 5.92 Å². The normalized spacial score (nSPS) is 16.7. The largest absolute Gasteiger partial charge is 0.0720 e. The van der Waals surface area contributed by atoms with Crippen molar-refractivity contribution in [2.24, 2.45) is 0 Å². The van der Waals surface area contributed by atoms with Gasteiger partial charge in [-0.1, -0.05) is 52.3 Å². The first-order chi connectivity index (χ1) is 9.08. The highest BCUT2D eigenvalue weighted by Crippen LogP contribution is 2.40. The maximum Gasteiger partial charge on any atom is 0.0281 e. The maximum absolute atomic E-state index is 3.68. The van der Waals surface area contributed by atoms with Crippen LogP contribution in [0.3, 0.4) is 0 Å². The van der Waals surface area contributed by atoms with Crippen molar-refractivity contribution in [1.82, 2.24) is 0 Å². The molecular formula is C18H17Br. The molecule has 2 aromatic carbocycles. The van der Waals surface area contributed by atoms with Crippen LogP contribution in [-0.2, 0) is 0 Å². The van der Waals surface area contributed by atoms with E-state index in [1.807, 2.05) is 0 Å². The van der Waals surface area contributed by atoms with E-state index in [9.17, 15) is 0 Å². The number of halogens is 1. The van der Waals surface area contributed by atoms with Crippen LogP contribution in [0.15, 0.2) is 40.9 Å². The summed E-state index contributed by atoms with van der Waals surface area (Å²) >= 11 is 3.68. The van der Waals surface area contributed by atoms with Gasteiger partial charge < -0.3 is 0 Å². The van der Waals surface area contributed by atoms with Crippen molar-refractivity contribution >= 4 is 22.0 Å². The molecule has 0 amide bonds. The third kappa shape index (κ3) is 2.06. The molecule has 0 fully saturated rings. The Labute approximate surface area is 123 Å². The van der Waals surface area contributed by atoms with Gasteiger partial charge in [-0.3, -0.25) is 0 Å². The Balaban J connectivity index is 2.17. The number of aryl methyl sites for hydroxylation is 2. The van der Waals surface area contributed by atoms with Crippen LogP contribution in [0, 0.1) is 20.8 Å². The molecule has 1 unspecified atom stereocenters. The lowest BCUT2D eigenvalue weighted by Gasteiger charge is -2.17. The van der Waals surface area contributed by atoms with Gasteiger partial charge in [0.25, 0.3) is 0 Å². The molecule has 2 aromatic rings. The Bertz CT molecular complexity index is 680. The minimum absolute atomic E-state index is 0.395. The highest BCUT2D eigenvalue weighted by atomic mass is 79.9. The predicted molar refractivity (Wildman–Crippen MR) is 85.7 cm³/mol. The lowest BCUT2D eigenvalue weighted by atomic mass is 9.88. The summed E-state index contributed by atoms with van der Waals surface area (Å²) in [5, 5.41) is 0. The van der Waals surface area contributed by atoms with E-state index in [-0.39, 0.29) is 0 Å². The van der Waals surface area contributed by atoms with E-state index in [0.717, 1.165) is 0 Å². The van der Waals surface area contributed by atoms with Crippen LogP contribution in [0.2, 0.25) is 0 Å². The van der Waals surface area contributed by atoms with Crippen LogP contribution < -0.4 is 0 Å². The average Bonchev–Trinajstić information content (AvgIpc) is 2.76. The van der Waals surface area contributed by atoms with E-state index in [1.54, 1.807) is 0 Å². The molecule has 1 aliphatic carbocycles. The zero-order valence-electron chi connectivity index (χ0n) is 11.5. The molecule has 0 saturated carbocycles. The highest BCUT2D eigenvalue weighted by Gasteiger charge is 2.22. The van der Waals surface area contributed by atoms with Gasteiger partial charge in [0, 0.05) is 10.4 Å². The molecule has 0 saturated heterocycles. The Morgan fingerprint density at radius 3 is 2.58 bits per heavy atom. The van der Waals surface area contributed by atoms with Gasteiger partial charge in [-0.2, -0.15) is 0 Å². The van der Waals surface area contributed by atoms with E-state index in [4.69, 9.17) is 0 Å². The molecule has 1 heteroatoms. The van der Waals surface area contributed by atoms with E-state index < -0.39 is 0 Å². The average molecular weight is 313 g/mol. The minimum Gasteiger partial charge on any atom is -0.0720 e. The van der Waals surface area contributed by atoms with Crippen molar-refractivity contribution in [3.05, 3.63) is 74.3 Å². The second-order valence-electron chi connectivity index (χ2n) is 5.38. The predicted octanol–water partition coefficient (Wildman–Crippen LogP) is 5.53. The van der Waals surface area contributed by atoms with Crippen LogP contribution in [0.5, 0.6) is 0 Å². The van der Waals surface area contributed by atoms with Gasteiger partial charge in [0.05, 0.1) is 0 Å². The zero-order chi connectivity index (χ0) is 13.6. The first-order valence-electron chi connectivity index (χ1n) is 6.62. The Morgan fingerprint density at radius 1 is 1.00 bits per heavy atom. The molecule has 19 heavy (non-hydrogen) atoms. The highest BCUT2D eigenvalue weighted by molar-refractivity contribution is 9.10. The topological polar surface area (TPSA) is 0 Å². The van der Waals surface area contributed by atoms with Crippen LogP contribution in [-0.4, -0.2) is 0 Å².